The smallest absolute Gasteiger partial charge is 0.304 e. The topological polar surface area (TPSA) is 43.8 Å². The number of nitrogens with zero attached hydrogens (tertiary/aromatic N) is 2. The predicted octanol–water partition coefficient (Wildman–Crippen LogP) is 1.91. The van der Waals surface area contributed by atoms with Gasteiger partial charge in [-0.2, -0.15) is 0 Å². The number of carbonyl (C=O) groups is 1. The summed E-state index contributed by atoms with van der Waals surface area (Å²) in [6.45, 7) is 10.7. The van der Waals surface area contributed by atoms with E-state index in [9.17, 15) is 4.79 Å². The van der Waals surface area contributed by atoms with Crippen LogP contribution in [0.2, 0.25) is 0 Å². The predicted molar refractivity (Wildman–Crippen MR) is 73.8 cm³/mol. The maximum Gasteiger partial charge on any atom is 0.304 e. The van der Waals surface area contributed by atoms with Gasteiger partial charge < -0.3 is 14.9 Å². The second-order valence-corrected chi connectivity index (χ2v) is 5.72. The van der Waals surface area contributed by atoms with Gasteiger partial charge in [-0.25, -0.2) is 0 Å². The number of carboxylic acids is 1. The van der Waals surface area contributed by atoms with Gasteiger partial charge >= 0.3 is 5.97 Å². The Hall–Kier alpha value is -0.610. The number of hydrogen-bond acceptors (Lipinski definition) is 3. The first kappa shape index (κ1) is 15.4. The average molecular weight is 256 g/mol. The summed E-state index contributed by atoms with van der Waals surface area (Å²) in [5, 5.41) is 8.78. The van der Waals surface area contributed by atoms with E-state index in [2.05, 4.69) is 23.6 Å². The monoisotopic (exact) mass is 256 g/mol. The fraction of sp³-hybridized carbons (Fsp3) is 0.929. The van der Waals surface area contributed by atoms with Crippen molar-refractivity contribution in [2.45, 2.75) is 39.5 Å². The maximum absolute atomic E-state index is 10.7. The van der Waals surface area contributed by atoms with Crippen molar-refractivity contribution in [2.75, 3.05) is 39.3 Å². The Balaban J connectivity index is 2.25. The lowest BCUT2D eigenvalue weighted by Gasteiger charge is -2.25. The van der Waals surface area contributed by atoms with Gasteiger partial charge in [-0.15, -0.1) is 0 Å². The van der Waals surface area contributed by atoms with Crippen molar-refractivity contribution >= 4 is 5.97 Å². The second-order valence-electron chi connectivity index (χ2n) is 5.72. The van der Waals surface area contributed by atoms with Crippen LogP contribution in [0.1, 0.15) is 39.5 Å². The number of likely N-dealkylation sites (tertiary alicyclic amines) is 1. The Labute approximate surface area is 111 Å². The Kier molecular flexibility index (Phi) is 7.28. The van der Waals surface area contributed by atoms with Crippen LogP contribution in [0.25, 0.3) is 0 Å². The van der Waals surface area contributed by atoms with Gasteiger partial charge in [0.05, 0.1) is 6.42 Å². The zero-order valence-electron chi connectivity index (χ0n) is 11.9. The van der Waals surface area contributed by atoms with Crippen molar-refractivity contribution in [3.05, 3.63) is 0 Å². The Morgan fingerprint density at radius 1 is 1.22 bits per heavy atom. The molecule has 0 aromatic rings. The van der Waals surface area contributed by atoms with Crippen LogP contribution in [0.3, 0.4) is 0 Å². The molecule has 1 rings (SSSR count). The van der Waals surface area contributed by atoms with E-state index < -0.39 is 5.97 Å². The van der Waals surface area contributed by atoms with E-state index >= 15 is 0 Å². The molecule has 1 saturated heterocycles. The van der Waals surface area contributed by atoms with Crippen LogP contribution in [0.4, 0.5) is 0 Å². The Bertz CT molecular complexity index is 238. The van der Waals surface area contributed by atoms with E-state index in [0.717, 1.165) is 26.1 Å². The van der Waals surface area contributed by atoms with Crippen molar-refractivity contribution in [1.82, 2.24) is 9.80 Å². The van der Waals surface area contributed by atoms with E-state index in [1.54, 1.807) is 0 Å². The second kappa shape index (κ2) is 8.48. The molecule has 0 amide bonds. The van der Waals surface area contributed by atoms with E-state index in [0.29, 0.717) is 12.5 Å². The van der Waals surface area contributed by atoms with E-state index in [1.165, 1.54) is 25.9 Å². The van der Waals surface area contributed by atoms with E-state index in [-0.39, 0.29) is 6.42 Å². The van der Waals surface area contributed by atoms with Gasteiger partial charge in [0.25, 0.3) is 0 Å². The molecule has 0 aromatic heterocycles. The molecule has 18 heavy (non-hydrogen) atoms. The average Bonchev–Trinajstić information content (AvgIpc) is 2.80. The molecule has 1 heterocycles. The molecule has 0 aliphatic carbocycles. The summed E-state index contributed by atoms with van der Waals surface area (Å²) < 4.78 is 0. The highest BCUT2D eigenvalue weighted by molar-refractivity contribution is 5.66. The van der Waals surface area contributed by atoms with Crippen molar-refractivity contribution in [1.29, 1.82) is 0 Å². The molecule has 0 radical (unpaired) electrons. The number of hydrogen-bond donors (Lipinski definition) is 1. The standard InChI is InChI=1S/C14H28N2O2/c1-13(2)5-9-16(10-6-14(17)18)12-11-15-7-3-4-8-15/h13H,3-12H2,1-2H3,(H,17,18). The van der Waals surface area contributed by atoms with Crippen molar-refractivity contribution < 1.29 is 9.90 Å². The quantitative estimate of drug-likeness (QED) is 0.684. The molecule has 4 nitrogen and oxygen atoms in total. The lowest BCUT2D eigenvalue weighted by atomic mass is 10.1. The fourth-order valence-electron chi connectivity index (χ4n) is 2.32. The van der Waals surface area contributed by atoms with Crippen molar-refractivity contribution in [3.63, 3.8) is 0 Å². The van der Waals surface area contributed by atoms with Gasteiger partial charge in [0.2, 0.25) is 0 Å². The van der Waals surface area contributed by atoms with E-state index in [1.807, 2.05) is 0 Å². The molecule has 1 N–H and O–H groups in total. The highest BCUT2D eigenvalue weighted by Crippen LogP contribution is 2.08. The minimum absolute atomic E-state index is 0.262. The zero-order chi connectivity index (χ0) is 13.4. The molecular formula is C14H28N2O2. The molecule has 1 aliphatic heterocycles. The van der Waals surface area contributed by atoms with Gasteiger partial charge in [-0.1, -0.05) is 13.8 Å². The van der Waals surface area contributed by atoms with Crippen LogP contribution in [-0.2, 0) is 4.79 Å². The van der Waals surface area contributed by atoms with Gasteiger partial charge in [0.1, 0.15) is 0 Å². The maximum atomic E-state index is 10.7. The summed E-state index contributed by atoms with van der Waals surface area (Å²) in [5.41, 5.74) is 0. The van der Waals surface area contributed by atoms with Crippen molar-refractivity contribution in [2.24, 2.45) is 5.92 Å². The van der Waals surface area contributed by atoms with Crippen LogP contribution < -0.4 is 0 Å². The third kappa shape index (κ3) is 6.97. The highest BCUT2D eigenvalue weighted by atomic mass is 16.4. The molecule has 0 atom stereocenters. The SMILES string of the molecule is CC(C)CCN(CCC(=O)O)CCN1CCCC1. The first-order valence-corrected chi connectivity index (χ1v) is 7.24. The first-order valence-electron chi connectivity index (χ1n) is 7.24. The molecule has 1 fully saturated rings. The largest absolute Gasteiger partial charge is 0.481 e. The summed E-state index contributed by atoms with van der Waals surface area (Å²) in [6.07, 6.45) is 4.06. The third-order valence-electron chi connectivity index (χ3n) is 3.60. The van der Waals surface area contributed by atoms with Gasteiger partial charge in [0, 0.05) is 19.6 Å². The van der Waals surface area contributed by atoms with Crippen LogP contribution in [-0.4, -0.2) is 60.1 Å². The van der Waals surface area contributed by atoms with Gasteiger partial charge in [-0.05, 0) is 44.8 Å². The number of rotatable bonds is 9. The highest BCUT2D eigenvalue weighted by Gasteiger charge is 2.14. The number of aliphatic carboxylic acids is 1. The summed E-state index contributed by atoms with van der Waals surface area (Å²) in [5.74, 6) is -0.00478. The molecule has 1 aliphatic rings. The lowest BCUT2D eigenvalue weighted by molar-refractivity contribution is -0.137. The van der Waals surface area contributed by atoms with Gasteiger partial charge in [0.15, 0.2) is 0 Å². The van der Waals surface area contributed by atoms with Crippen LogP contribution in [0, 0.1) is 5.92 Å². The fourth-order valence-corrected chi connectivity index (χ4v) is 2.32. The van der Waals surface area contributed by atoms with Crippen LogP contribution in [0.15, 0.2) is 0 Å². The summed E-state index contributed by atoms with van der Waals surface area (Å²) in [4.78, 5) is 15.5. The lowest BCUT2D eigenvalue weighted by Crippen LogP contribution is -2.36. The summed E-state index contributed by atoms with van der Waals surface area (Å²) in [7, 11) is 0. The minimum Gasteiger partial charge on any atom is -0.481 e. The van der Waals surface area contributed by atoms with E-state index in [4.69, 9.17) is 5.11 Å². The Morgan fingerprint density at radius 2 is 1.89 bits per heavy atom. The summed E-state index contributed by atoms with van der Waals surface area (Å²) in [6, 6.07) is 0. The van der Waals surface area contributed by atoms with Crippen LogP contribution in [0.5, 0.6) is 0 Å². The first-order chi connectivity index (χ1) is 8.58. The normalized spacial score (nSPS) is 16.9. The molecule has 106 valence electrons. The molecule has 4 heteroatoms. The summed E-state index contributed by atoms with van der Waals surface area (Å²) >= 11 is 0. The van der Waals surface area contributed by atoms with Gasteiger partial charge in [-0.3, -0.25) is 4.79 Å². The van der Waals surface area contributed by atoms with Crippen LogP contribution >= 0.6 is 0 Å². The van der Waals surface area contributed by atoms with Crippen molar-refractivity contribution in [3.8, 4) is 0 Å². The Morgan fingerprint density at radius 3 is 2.44 bits per heavy atom. The zero-order valence-corrected chi connectivity index (χ0v) is 11.9. The molecule has 0 saturated carbocycles. The third-order valence-corrected chi connectivity index (χ3v) is 3.60. The number of carboxylic acid groups (broad SMARTS) is 1. The molecule has 0 bridgehead atoms. The molecule has 0 unspecified atom stereocenters. The molecular weight excluding hydrogens is 228 g/mol. The minimum atomic E-state index is -0.689. The molecule has 0 aromatic carbocycles. The molecule has 0 spiro atoms.